The fourth-order valence-corrected chi connectivity index (χ4v) is 3.22. The predicted molar refractivity (Wildman–Crippen MR) is 92.8 cm³/mol. The van der Waals surface area contributed by atoms with Gasteiger partial charge in [0.25, 0.3) is 0 Å². The van der Waals surface area contributed by atoms with Crippen LogP contribution >= 0.6 is 22.6 Å². The quantitative estimate of drug-likeness (QED) is 0.631. The Morgan fingerprint density at radius 3 is 2.87 bits per heavy atom. The number of aromatic carboxylic acids is 1. The fraction of sp³-hybridized carbons (Fsp3) is 0.200. The molecule has 8 heteroatoms. The summed E-state index contributed by atoms with van der Waals surface area (Å²) in [7, 11) is 0. The first-order chi connectivity index (χ1) is 11.1. The molecule has 2 N–H and O–H groups in total. The van der Waals surface area contributed by atoms with Crippen LogP contribution in [0.1, 0.15) is 22.2 Å². The van der Waals surface area contributed by atoms with Gasteiger partial charge in [0.2, 0.25) is 0 Å². The van der Waals surface area contributed by atoms with Crippen LogP contribution < -0.4 is 4.90 Å². The largest absolute Gasteiger partial charge is 0.476 e. The molecule has 1 aliphatic rings. The molecule has 0 aliphatic carbocycles. The lowest BCUT2D eigenvalue weighted by Gasteiger charge is -2.39. The molecule has 116 valence electrons. The normalized spacial score (nSPS) is 14.9. The van der Waals surface area contributed by atoms with Crippen molar-refractivity contribution in [3.05, 3.63) is 45.7 Å². The zero-order valence-corrected chi connectivity index (χ0v) is 14.1. The number of nitrogens with zero attached hydrogens (tertiary/aromatic N) is 4. The van der Waals surface area contributed by atoms with Crippen molar-refractivity contribution in [2.75, 3.05) is 18.0 Å². The minimum atomic E-state index is -1.06. The summed E-state index contributed by atoms with van der Waals surface area (Å²) in [4.78, 5) is 29.2. The molecule has 23 heavy (non-hydrogen) atoms. The number of imidazole rings is 1. The summed E-state index contributed by atoms with van der Waals surface area (Å²) in [6.45, 7) is 1.35. The van der Waals surface area contributed by atoms with Crippen molar-refractivity contribution in [2.24, 2.45) is 0 Å². The Kier molecular flexibility index (Phi) is 3.40. The highest BCUT2D eigenvalue weighted by molar-refractivity contribution is 14.1. The number of hydrogen-bond donors (Lipinski definition) is 2. The average Bonchev–Trinajstić information content (AvgIpc) is 2.88. The second-order valence-corrected chi connectivity index (χ2v) is 6.66. The molecule has 2 aromatic heterocycles. The van der Waals surface area contributed by atoms with Crippen LogP contribution in [-0.4, -0.2) is 44.1 Å². The Hall–Kier alpha value is -2.23. The van der Waals surface area contributed by atoms with Gasteiger partial charge < -0.3 is 15.0 Å². The van der Waals surface area contributed by atoms with Crippen LogP contribution in [0.2, 0.25) is 0 Å². The molecule has 0 saturated carbocycles. The van der Waals surface area contributed by atoms with Gasteiger partial charge in [-0.25, -0.2) is 19.7 Å². The van der Waals surface area contributed by atoms with Gasteiger partial charge in [0.05, 0.1) is 17.0 Å². The van der Waals surface area contributed by atoms with Crippen LogP contribution in [0.4, 0.5) is 5.82 Å². The highest BCUT2D eigenvalue weighted by Crippen LogP contribution is 2.31. The van der Waals surface area contributed by atoms with E-state index >= 15 is 0 Å². The van der Waals surface area contributed by atoms with E-state index in [1.807, 2.05) is 17.0 Å². The first kappa shape index (κ1) is 14.4. The number of anilines is 1. The molecule has 1 aliphatic heterocycles. The molecular formula is C15H12IN5O2. The summed E-state index contributed by atoms with van der Waals surface area (Å²) in [5, 5.41) is 9.19. The number of hydrogen-bond acceptors (Lipinski definition) is 5. The molecule has 1 aromatic carbocycles. The van der Waals surface area contributed by atoms with E-state index in [1.165, 1.54) is 12.4 Å². The number of benzene rings is 1. The lowest BCUT2D eigenvalue weighted by atomic mass is 9.99. The van der Waals surface area contributed by atoms with Crippen molar-refractivity contribution < 1.29 is 9.90 Å². The third-order valence-corrected chi connectivity index (χ3v) is 4.58. The van der Waals surface area contributed by atoms with E-state index < -0.39 is 5.97 Å². The van der Waals surface area contributed by atoms with E-state index in [-0.39, 0.29) is 11.6 Å². The lowest BCUT2D eigenvalue weighted by molar-refractivity contribution is 0.0690. The summed E-state index contributed by atoms with van der Waals surface area (Å²) < 4.78 is 1.16. The molecule has 3 aromatic rings. The van der Waals surface area contributed by atoms with Crippen molar-refractivity contribution in [3.8, 4) is 0 Å². The van der Waals surface area contributed by atoms with E-state index in [0.717, 1.165) is 20.4 Å². The fourth-order valence-electron chi connectivity index (χ4n) is 2.73. The number of carboxylic acids is 1. The number of nitrogens with one attached hydrogen (secondary N) is 1. The SMILES string of the molecule is O=C(O)c1nccnc1N1CC(c2nc3ccc(I)cc3[nH]2)C1. The van der Waals surface area contributed by atoms with E-state index in [4.69, 9.17) is 0 Å². The highest BCUT2D eigenvalue weighted by Gasteiger charge is 2.34. The smallest absolute Gasteiger partial charge is 0.358 e. The predicted octanol–water partition coefficient (Wildman–Crippen LogP) is 2.26. The third kappa shape index (κ3) is 2.52. The number of H-pyrrole nitrogens is 1. The average molecular weight is 421 g/mol. The Morgan fingerprint density at radius 1 is 1.30 bits per heavy atom. The van der Waals surface area contributed by atoms with Crippen molar-refractivity contribution in [1.29, 1.82) is 0 Å². The summed E-state index contributed by atoms with van der Waals surface area (Å²) in [6.07, 6.45) is 2.91. The number of carboxylic acid groups (broad SMARTS) is 1. The molecule has 0 amide bonds. The van der Waals surface area contributed by atoms with Gasteiger partial charge in [0, 0.05) is 29.1 Å². The van der Waals surface area contributed by atoms with Crippen LogP contribution in [0.5, 0.6) is 0 Å². The van der Waals surface area contributed by atoms with Gasteiger partial charge in [0.15, 0.2) is 11.5 Å². The number of halogens is 1. The minimum Gasteiger partial charge on any atom is -0.476 e. The monoisotopic (exact) mass is 421 g/mol. The van der Waals surface area contributed by atoms with E-state index in [1.54, 1.807) is 0 Å². The van der Waals surface area contributed by atoms with Gasteiger partial charge >= 0.3 is 5.97 Å². The second-order valence-electron chi connectivity index (χ2n) is 5.42. The number of aromatic amines is 1. The minimum absolute atomic E-state index is 0.00916. The van der Waals surface area contributed by atoms with Crippen molar-refractivity contribution in [1.82, 2.24) is 19.9 Å². The van der Waals surface area contributed by atoms with Crippen molar-refractivity contribution in [2.45, 2.75) is 5.92 Å². The zero-order valence-electron chi connectivity index (χ0n) is 11.9. The molecule has 4 rings (SSSR count). The Balaban J connectivity index is 1.56. The van der Waals surface area contributed by atoms with E-state index in [9.17, 15) is 9.90 Å². The summed E-state index contributed by atoms with van der Waals surface area (Å²) in [6, 6.07) is 6.09. The molecule has 0 atom stereocenters. The molecular weight excluding hydrogens is 409 g/mol. The van der Waals surface area contributed by atoms with Gasteiger partial charge in [-0.1, -0.05) is 0 Å². The van der Waals surface area contributed by atoms with Crippen LogP contribution in [0.25, 0.3) is 11.0 Å². The van der Waals surface area contributed by atoms with E-state index in [2.05, 4.69) is 48.6 Å². The van der Waals surface area contributed by atoms with Gasteiger partial charge in [0.1, 0.15) is 5.82 Å². The maximum absolute atomic E-state index is 11.2. The molecule has 0 bridgehead atoms. The summed E-state index contributed by atoms with van der Waals surface area (Å²) in [5.74, 6) is 0.527. The molecule has 7 nitrogen and oxygen atoms in total. The lowest BCUT2D eigenvalue weighted by Crippen LogP contribution is -2.46. The number of aromatic nitrogens is 4. The molecule has 0 spiro atoms. The topological polar surface area (TPSA) is 95.0 Å². The Bertz CT molecular complexity index is 904. The van der Waals surface area contributed by atoms with Gasteiger partial charge in [-0.2, -0.15) is 0 Å². The van der Waals surface area contributed by atoms with Gasteiger partial charge in [-0.3, -0.25) is 0 Å². The van der Waals surface area contributed by atoms with Crippen LogP contribution in [0, 0.1) is 3.57 Å². The third-order valence-electron chi connectivity index (χ3n) is 3.91. The maximum Gasteiger partial charge on any atom is 0.358 e. The Morgan fingerprint density at radius 2 is 2.09 bits per heavy atom. The molecule has 1 fully saturated rings. The van der Waals surface area contributed by atoms with Crippen molar-refractivity contribution in [3.63, 3.8) is 0 Å². The molecule has 0 radical (unpaired) electrons. The van der Waals surface area contributed by atoms with Gasteiger partial charge in [-0.15, -0.1) is 0 Å². The highest BCUT2D eigenvalue weighted by atomic mass is 127. The zero-order chi connectivity index (χ0) is 16.0. The second kappa shape index (κ2) is 5.44. The van der Waals surface area contributed by atoms with E-state index in [0.29, 0.717) is 18.9 Å². The standard InChI is InChI=1S/C15H12IN5O2/c16-9-1-2-10-11(5-9)20-13(19-10)8-6-21(7-8)14-12(15(22)23)17-3-4-18-14/h1-5,8H,6-7H2,(H,19,20)(H,22,23). The number of rotatable bonds is 3. The number of fused-ring (bicyclic) bond motifs is 1. The van der Waals surface area contributed by atoms with Crippen LogP contribution in [0.15, 0.2) is 30.6 Å². The molecule has 3 heterocycles. The summed E-state index contributed by atoms with van der Waals surface area (Å²) >= 11 is 2.27. The first-order valence-electron chi connectivity index (χ1n) is 7.06. The Labute approximate surface area is 144 Å². The maximum atomic E-state index is 11.2. The summed E-state index contributed by atoms with van der Waals surface area (Å²) in [5.41, 5.74) is 1.96. The van der Waals surface area contributed by atoms with Gasteiger partial charge in [-0.05, 0) is 40.8 Å². The molecule has 0 unspecified atom stereocenters. The first-order valence-corrected chi connectivity index (χ1v) is 8.14. The number of carbonyl (C=O) groups is 1. The molecule has 1 saturated heterocycles. The van der Waals surface area contributed by atoms with Crippen LogP contribution in [0.3, 0.4) is 0 Å². The van der Waals surface area contributed by atoms with Crippen LogP contribution in [-0.2, 0) is 0 Å². The van der Waals surface area contributed by atoms with Crippen molar-refractivity contribution >= 4 is 45.4 Å².